The maximum atomic E-state index is 12.9. The molecule has 1 aliphatic rings. The van der Waals surface area contributed by atoms with Crippen LogP contribution in [0.4, 0.5) is 4.39 Å². The molecule has 1 aliphatic heterocycles. The van der Waals surface area contributed by atoms with E-state index in [1.54, 1.807) is 12.1 Å². The molecule has 6 heteroatoms. The van der Waals surface area contributed by atoms with Crippen molar-refractivity contribution in [2.75, 3.05) is 13.1 Å². The molecule has 3 unspecified atom stereocenters. The van der Waals surface area contributed by atoms with Crippen molar-refractivity contribution in [2.45, 2.75) is 51.7 Å². The molecule has 1 heterocycles. The molecule has 3 N–H and O–H groups in total. The van der Waals surface area contributed by atoms with Gasteiger partial charge in [0.05, 0.1) is 6.10 Å². The van der Waals surface area contributed by atoms with Crippen LogP contribution in [0.25, 0.3) is 0 Å². The second-order valence-electron chi connectivity index (χ2n) is 7.04. The van der Waals surface area contributed by atoms with E-state index in [4.69, 9.17) is 0 Å². The average molecular weight is 373 g/mol. The quantitative estimate of drug-likeness (QED) is 0.688. The Labute approximate surface area is 156 Å². The molecule has 0 radical (unpaired) electrons. The van der Waals surface area contributed by atoms with Gasteiger partial charge >= 0.3 is 0 Å². The van der Waals surface area contributed by atoms with Gasteiger partial charge in [0.25, 0.3) is 0 Å². The van der Waals surface area contributed by atoms with Gasteiger partial charge in [-0.05, 0) is 68.8 Å². The molecule has 2 rings (SSSR count). The standard InChI is InChI=1S/C19H29FN2O2.ClH/c1-13(15-7-9-21-10-8-15)11-19(24)22-14(2)12-18(23)16-3-5-17(20)6-4-16;/h3-6,13-15,18,21,23H,7-12H2,1-2H3,(H,22,24);1H. The van der Waals surface area contributed by atoms with Crippen LogP contribution in [0.2, 0.25) is 0 Å². The van der Waals surface area contributed by atoms with Gasteiger partial charge in [0.1, 0.15) is 5.82 Å². The summed E-state index contributed by atoms with van der Waals surface area (Å²) in [5.74, 6) is 0.706. The summed E-state index contributed by atoms with van der Waals surface area (Å²) in [7, 11) is 0. The summed E-state index contributed by atoms with van der Waals surface area (Å²) in [4.78, 5) is 12.2. The third-order valence-electron chi connectivity index (χ3n) is 4.93. The number of hydrogen-bond acceptors (Lipinski definition) is 3. The van der Waals surface area contributed by atoms with Crippen LogP contribution in [0.5, 0.6) is 0 Å². The van der Waals surface area contributed by atoms with Gasteiger partial charge in [-0.15, -0.1) is 12.4 Å². The minimum atomic E-state index is -0.706. The number of benzene rings is 1. The highest BCUT2D eigenvalue weighted by Crippen LogP contribution is 2.24. The van der Waals surface area contributed by atoms with Crippen molar-refractivity contribution in [3.8, 4) is 0 Å². The van der Waals surface area contributed by atoms with Gasteiger partial charge in [0, 0.05) is 12.5 Å². The predicted octanol–water partition coefficient (Wildman–Crippen LogP) is 3.20. The SMILES string of the molecule is CC(CC(O)c1ccc(F)cc1)NC(=O)CC(C)C1CCNCC1.Cl. The molecule has 0 bridgehead atoms. The molecular weight excluding hydrogens is 343 g/mol. The first-order valence-electron chi connectivity index (χ1n) is 8.89. The van der Waals surface area contributed by atoms with Gasteiger partial charge in [-0.2, -0.15) is 0 Å². The molecule has 1 aromatic rings. The zero-order valence-electron chi connectivity index (χ0n) is 15.0. The molecule has 1 saturated heterocycles. The van der Waals surface area contributed by atoms with E-state index in [2.05, 4.69) is 17.6 Å². The Morgan fingerprint density at radius 3 is 2.48 bits per heavy atom. The molecule has 25 heavy (non-hydrogen) atoms. The van der Waals surface area contributed by atoms with Crippen LogP contribution in [0.3, 0.4) is 0 Å². The Morgan fingerprint density at radius 1 is 1.28 bits per heavy atom. The maximum absolute atomic E-state index is 12.9. The number of amides is 1. The number of piperidine rings is 1. The van der Waals surface area contributed by atoms with Crippen LogP contribution in [0.1, 0.15) is 51.2 Å². The van der Waals surface area contributed by atoms with Crippen molar-refractivity contribution in [3.63, 3.8) is 0 Å². The smallest absolute Gasteiger partial charge is 0.220 e. The lowest BCUT2D eigenvalue weighted by Gasteiger charge is -2.28. The van der Waals surface area contributed by atoms with Gasteiger partial charge in [-0.3, -0.25) is 4.79 Å². The third kappa shape index (κ3) is 7.30. The van der Waals surface area contributed by atoms with E-state index >= 15 is 0 Å². The zero-order valence-corrected chi connectivity index (χ0v) is 15.8. The first kappa shape index (κ1) is 21.9. The number of aliphatic hydroxyl groups excluding tert-OH is 1. The number of halogens is 2. The van der Waals surface area contributed by atoms with Crippen molar-refractivity contribution < 1.29 is 14.3 Å². The molecule has 0 spiro atoms. The number of hydrogen-bond donors (Lipinski definition) is 3. The minimum Gasteiger partial charge on any atom is -0.388 e. The third-order valence-corrected chi connectivity index (χ3v) is 4.93. The Kier molecular flexibility index (Phi) is 9.39. The molecule has 0 aromatic heterocycles. The highest BCUT2D eigenvalue weighted by atomic mass is 35.5. The van der Waals surface area contributed by atoms with E-state index in [1.165, 1.54) is 12.1 Å². The van der Waals surface area contributed by atoms with E-state index < -0.39 is 6.10 Å². The van der Waals surface area contributed by atoms with Crippen molar-refractivity contribution in [1.29, 1.82) is 0 Å². The van der Waals surface area contributed by atoms with Crippen molar-refractivity contribution in [2.24, 2.45) is 11.8 Å². The van der Waals surface area contributed by atoms with Crippen LogP contribution in [-0.2, 0) is 4.79 Å². The molecule has 1 amide bonds. The van der Waals surface area contributed by atoms with Crippen molar-refractivity contribution in [3.05, 3.63) is 35.6 Å². The fourth-order valence-electron chi connectivity index (χ4n) is 3.42. The normalized spacial score (nSPS) is 18.7. The van der Waals surface area contributed by atoms with Crippen LogP contribution >= 0.6 is 12.4 Å². The number of nitrogens with one attached hydrogen (secondary N) is 2. The molecule has 1 aromatic carbocycles. The fourth-order valence-corrected chi connectivity index (χ4v) is 3.42. The highest BCUT2D eigenvalue weighted by Gasteiger charge is 2.23. The number of carbonyl (C=O) groups is 1. The fraction of sp³-hybridized carbons (Fsp3) is 0.632. The molecule has 0 aliphatic carbocycles. The van der Waals surface area contributed by atoms with Gasteiger partial charge in [-0.25, -0.2) is 4.39 Å². The molecule has 3 atom stereocenters. The molecule has 142 valence electrons. The molecule has 4 nitrogen and oxygen atoms in total. The predicted molar refractivity (Wildman–Crippen MR) is 100 cm³/mol. The first-order chi connectivity index (χ1) is 11.5. The van der Waals surface area contributed by atoms with E-state index in [0.29, 0.717) is 30.2 Å². The summed E-state index contributed by atoms with van der Waals surface area (Å²) in [6, 6.07) is 5.70. The van der Waals surface area contributed by atoms with Gasteiger partial charge in [-0.1, -0.05) is 19.1 Å². The maximum Gasteiger partial charge on any atom is 0.220 e. The lowest BCUT2D eigenvalue weighted by atomic mass is 9.84. The van der Waals surface area contributed by atoms with E-state index in [-0.39, 0.29) is 30.2 Å². The van der Waals surface area contributed by atoms with Crippen LogP contribution in [0, 0.1) is 17.7 Å². The van der Waals surface area contributed by atoms with Crippen LogP contribution < -0.4 is 10.6 Å². The summed E-state index contributed by atoms with van der Waals surface area (Å²) in [5, 5.41) is 16.5. The zero-order chi connectivity index (χ0) is 17.5. The lowest BCUT2D eigenvalue weighted by Crippen LogP contribution is -2.37. The Balaban J connectivity index is 0.00000312. The van der Waals surface area contributed by atoms with Crippen LogP contribution in [0.15, 0.2) is 24.3 Å². The Morgan fingerprint density at radius 2 is 1.88 bits per heavy atom. The van der Waals surface area contributed by atoms with Gasteiger partial charge in [0.15, 0.2) is 0 Å². The number of aliphatic hydroxyl groups is 1. The summed E-state index contributed by atoms with van der Waals surface area (Å²) >= 11 is 0. The largest absolute Gasteiger partial charge is 0.388 e. The van der Waals surface area contributed by atoms with E-state index in [1.807, 2.05) is 6.92 Å². The summed E-state index contributed by atoms with van der Waals surface area (Å²) < 4.78 is 12.9. The van der Waals surface area contributed by atoms with E-state index in [9.17, 15) is 14.3 Å². The Hall–Kier alpha value is -1.17. The summed E-state index contributed by atoms with van der Waals surface area (Å²) in [6.07, 6.45) is 2.50. The molecule has 1 fully saturated rings. The number of rotatable bonds is 7. The van der Waals surface area contributed by atoms with Gasteiger partial charge in [0.2, 0.25) is 5.91 Å². The lowest BCUT2D eigenvalue weighted by molar-refractivity contribution is -0.123. The minimum absolute atomic E-state index is 0. The monoisotopic (exact) mass is 372 g/mol. The second kappa shape index (κ2) is 10.7. The molecular formula is C19H30ClFN2O2. The van der Waals surface area contributed by atoms with Crippen molar-refractivity contribution >= 4 is 18.3 Å². The average Bonchev–Trinajstić information content (AvgIpc) is 2.55. The van der Waals surface area contributed by atoms with E-state index in [0.717, 1.165) is 25.9 Å². The van der Waals surface area contributed by atoms with Crippen molar-refractivity contribution in [1.82, 2.24) is 10.6 Å². The summed E-state index contributed by atoms with van der Waals surface area (Å²) in [5.41, 5.74) is 0.667. The van der Waals surface area contributed by atoms with Crippen LogP contribution in [-0.4, -0.2) is 30.1 Å². The Bertz CT molecular complexity index is 521. The number of carbonyl (C=O) groups excluding carboxylic acids is 1. The van der Waals surface area contributed by atoms with Gasteiger partial charge < -0.3 is 15.7 Å². The first-order valence-corrected chi connectivity index (χ1v) is 8.89. The summed E-state index contributed by atoms with van der Waals surface area (Å²) in [6.45, 7) is 6.11. The molecule has 0 saturated carbocycles. The topological polar surface area (TPSA) is 61.4 Å². The second-order valence-corrected chi connectivity index (χ2v) is 7.04. The highest BCUT2D eigenvalue weighted by molar-refractivity contribution is 5.85.